The number of nitrogens with zero attached hydrogens (tertiary/aromatic N) is 2. The number of ether oxygens (including phenoxy) is 1. The van der Waals surface area contributed by atoms with Crippen LogP contribution in [0.15, 0.2) is 42.1 Å². The van der Waals surface area contributed by atoms with Gasteiger partial charge in [-0.25, -0.2) is 4.79 Å². The van der Waals surface area contributed by atoms with Gasteiger partial charge >= 0.3 is 11.9 Å². The van der Waals surface area contributed by atoms with Crippen molar-refractivity contribution >= 4 is 40.6 Å². The fraction of sp³-hybridized carbons (Fsp3) is 0.571. The van der Waals surface area contributed by atoms with E-state index in [1.807, 2.05) is 90.5 Å². The van der Waals surface area contributed by atoms with Crippen LogP contribution in [0.5, 0.6) is 0 Å². The number of carbonyl (C=O) groups is 5. The third kappa shape index (κ3) is 9.21. The van der Waals surface area contributed by atoms with Crippen molar-refractivity contribution in [2.75, 3.05) is 21.2 Å². The Bertz CT molecular complexity index is 1500. The summed E-state index contributed by atoms with van der Waals surface area (Å²) in [5, 5.41) is 19.1. The van der Waals surface area contributed by atoms with Gasteiger partial charge in [-0.2, -0.15) is 0 Å². The van der Waals surface area contributed by atoms with Gasteiger partial charge in [0.15, 0.2) is 0 Å². The van der Waals surface area contributed by atoms with Gasteiger partial charge in [0.05, 0.1) is 25.6 Å². The first-order valence-corrected chi connectivity index (χ1v) is 15.8. The van der Waals surface area contributed by atoms with Crippen molar-refractivity contribution in [2.45, 2.75) is 91.4 Å². The number of rotatable bonds is 14. The zero-order chi connectivity index (χ0) is 36.0. The summed E-state index contributed by atoms with van der Waals surface area (Å²) >= 11 is 0. The number of aromatic nitrogens is 1. The van der Waals surface area contributed by atoms with Crippen molar-refractivity contribution in [1.29, 1.82) is 0 Å². The Morgan fingerprint density at radius 2 is 1.62 bits per heavy atom. The molecule has 2 aromatic rings. The molecule has 1 aromatic carbocycles. The van der Waals surface area contributed by atoms with Crippen LogP contribution >= 0.6 is 0 Å². The number of hydrogen-bond donors (Lipinski definition) is 4. The lowest BCUT2D eigenvalue weighted by atomic mass is 9.76. The standard InChI is InChI=1S/C35H53N5O7/c1-20(2)26(17-21(3)30(42)37-24(33(45)46)18-27(41)47-12)40(11)32(44)29(34(4,5)6)38-31(43)28(36-9)35(7,8)23-19-39(10)25-16-14-13-15-22(23)25/h13-17,19-20,24,26,28-29,36H,18H2,1-12H3,(H,37,42)(H,38,43)(H,45,46)/b21-17+/t24-,26+,28+,29?/m0/s1. The summed E-state index contributed by atoms with van der Waals surface area (Å²) in [7, 11) is 6.45. The summed E-state index contributed by atoms with van der Waals surface area (Å²) < 4.78 is 6.58. The molecule has 0 fully saturated rings. The van der Waals surface area contributed by atoms with Crippen LogP contribution in [0.4, 0.5) is 0 Å². The number of aryl methyl sites for hydroxylation is 1. The maximum Gasteiger partial charge on any atom is 0.326 e. The monoisotopic (exact) mass is 655 g/mol. The molecule has 0 bridgehead atoms. The van der Waals surface area contributed by atoms with Gasteiger partial charge in [0.2, 0.25) is 17.7 Å². The Morgan fingerprint density at radius 3 is 2.13 bits per heavy atom. The lowest BCUT2D eigenvalue weighted by Gasteiger charge is -2.39. The zero-order valence-electron chi connectivity index (χ0n) is 29.8. The van der Waals surface area contributed by atoms with Gasteiger partial charge < -0.3 is 35.3 Å². The molecule has 1 unspecified atom stereocenters. The third-order valence-electron chi connectivity index (χ3n) is 8.72. The van der Waals surface area contributed by atoms with Crippen LogP contribution in [-0.2, 0) is 41.2 Å². The number of likely N-dealkylation sites (N-methyl/N-ethyl adjacent to an activating group) is 2. The highest BCUT2D eigenvalue weighted by Gasteiger charge is 2.42. The molecule has 1 aromatic heterocycles. The predicted molar refractivity (Wildman–Crippen MR) is 182 cm³/mol. The molecule has 0 saturated heterocycles. The van der Waals surface area contributed by atoms with Gasteiger partial charge in [-0.15, -0.1) is 0 Å². The van der Waals surface area contributed by atoms with Crippen molar-refractivity contribution in [2.24, 2.45) is 18.4 Å². The van der Waals surface area contributed by atoms with Crippen LogP contribution in [0.3, 0.4) is 0 Å². The first-order chi connectivity index (χ1) is 21.7. The predicted octanol–water partition coefficient (Wildman–Crippen LogP) is 3.14. The number of carboxylic acids is 1. The minimum atomic E-state index is -1.48. The van der Waals surface area contributed by atoms with Gasteiger partial charge in [0.25, 0.3) is 0 Å². The summed E-state index contributed by atoms with van der Waals surface area (Å²) in [6.45, 7) is 14.9. The zero-order valence-corrected chi connectivity index (χ0v) is 29.8. The number of carbonyl (C=O) groups excluding carboxylic acids is 4. The highest BCUT2D eigenvalue weighted by atomic mass is 16.5. The molecule has 0 saturated carbocycles. The lowest BCUT2D eigenvalue weighted by molar-refractivity contribution is -0.148. The van der Waals surface area contributed by atoms with Crippen molar-refractivity contribution in [3.05, 3.63) is 47.7 Å². The van der Waals surface area contributed by atoms with Gasteiger partial charge in [0.1, 0.15) is 12.1 Å². The molecular weight excluding hydrogens is 602 g/mol. The Labute approximate surface area is 278 Å². The van der Waals surface area contributed by atoms with E-state index >= 15 is 0 Å². The number of methoxy groups -OCH3 is 1. The van der Waals surface area contributed by atoms with Crippen LogP contribution in [0.25, 0.3) is 10.9 Å². The first kappa shape index (κ1) is 39.0. The van der Waals surface area contributed by atoms with Gasteiger partial charge in [-0.05, 0) is 36.9 Å². The summed E-state index contributed by atoms with van der Waals surface area (Å²) in [5.74, 6) is -3.67. The Hall–Kier alpha value is -4.19. The lowest BCUT2D eigenvalue weighted by Crippen LogP contribution is -2.61. The van der Waals surface area contributed by atoms with E-state index < -0.39 is 59.3 Å². The summed E-state index contributed by atoms with van der Waals surface area (Å²) in [6.07, 6.45) is 3.10. The number of nitrogens with one attached hydrogen (secondary N) is 3. The van der Waals surface area contributed by atoms with E-state index in [4.69, 9.17) is 0 Å². The number of amides is 3. The van der Waals surface area contributed by atoms with E-state index in [9.17, 15) is 29.1 Å². The summed E-state index contributed by atoms with van der Waals surface area (Å²) in [5.41, 5.74) is 0.878. The number of hydrogen-bond acceptors (Lipinski definition) is 7. The molecule has 0 radical (unpaired) electrons. The molecule has 0 aliphatic rings. The second-order valence-electron chi connectivity index (χ2n) is 14.1. The molecule has 0 aliphatic carbocycles. The van der Waals surface area contributed by atoms with Crippen LogP contribution in [0, 0.1) is 11.3 Å². The van der Waals surface area contributed by atoms with Crippen LogP contribution in [0.2, 0.25) is 0 Å². The molecule has 1 heterocycles. The second-order valence-corrected chi connectivity index (χ2v) is 14.1. The number of fused-ring (bicyclic) bond motifs is 1. The minimum absolute atomic E-state index is 0.149. The Kier molecular flexibility index (Phi) is 12.9. The highest BCUT2D eigenvalue weighted by molar-refractivity contribution is 5.97. The average molecular weight is 656 g/mol. The van der Waals surface area contributed by atoms with Crippen LogP contribution in [-0.4, -0.2) is 89.6 Å². The molecular formula is C35H53N5O7. The number of benzene rings is 1. The summed E-state index contributed by atoms with van der Waals surface area (Å²) in [4.78, 5) is 66.0. The number of aliphatic carboxylic acids is 1. The van der Waals surface area contributed by atoms with E-state index in [2.05, 4.69) is 20.7 Å². The molecule has 260 valence electrons. The molecule has 12 nitrogen and oxygen atoms in total. The van der Waals surface area contributed by atoms with Crippen molar-refractivity contribution in [1.82, 2.24) is 25.4 Å². The molecule has 0 aliphatic heterocycles. The van der Waals surface area contributed by atoms with E-state index in [1.165, 1.54) is 11.8 Å². The molecule has 47 heavy (non-hydrogen) atoms. The topological polar surface area (TPSA) is 159 Å². The molecule has 12 heteroatoms. The van der Waals surface area contributed by atoms with Gasteiger partial charge in [0, 0.05) is 42.2 Å². The van der Waals surface area contributed by atoms with E-state index in [-0.39, 0.29) is 23.3 Å². The average Bonchev–Trinajstić information content (AvgIpc) is 3.33. The second kappa shape index (κ2) is 15.6. The number of carboxylic acid groups (broad SMARTS) is 1. The van der Waals surface area contributed by atoms with Gasteiger partial charge in [-0.1, -0.05) is 72.7 Å². The van der Waals surface area contributed by atoms with Crippen LogP contribution < -0.4 is 16.0 Å². The fourth-order valence-corrected chi connectivity index (χ4v) is 5.86. The minimum Gasteiger partial charge on any atom is -0.480 e. The highest BCUT2D eigenvalue weighted by Crippen LogP contribution is 2.35. The van der Waals surface area contributed by atoms with Crippen LogP contribution in [0.1, 0.15) is 67.4 Å². The molecule has 3 amide bonds. The number of esters is 1. The van der Waals surface area contributed by atoms with E-state index in [0.717, 1.165) is 23.6 Å². The first-order valence-electron chi connectivity index (χ1n) is 15.8. The molecule has 4 N–H and O–H groups in total. The van der Waals surface area contributed by atoms with E-state index in [0.29, 0.717) is 0 Å². The van der Waals surface area contributed by atoms with E-state index in [1.54, 1.807) is 20.2 Å². The van der Waals surface area contributed by atoms with Crippen molar-refractivity contribution in [3.8, 4) is 0 Å². The quantitative estimate of drug-likeness (QED) is 0.179. The Balaban J connectivity index is 2.38. The van der Waals surface area contributed by atoms with Crippen molar-refractivity contribution in [3.63, 3.8) is 0 Å². The maximum atomic E-state index is 14.2. The summed E-state index contributed by atoms with van der Waals surface area (Å²) in [6, 6.07) is 4.36. The molecule has 4 atom stereocenters. The maximum absolute atomic E-state index is 14.2. The molecule has 2 rings (SSSR count). The molecule has 0 spiro atoms. The SMILES string of the molecule is CN[C@H](C(=O)NC(C(=O)N(C)[C@H](/C=C(\C)C(=O)N[C@@H](CC(=O)OC)C(=O)O)C(C)C)C(C)(C)C)C(C)(C)c1cn(C)c2ccccc12. The normalized spacial score (nSPS) is 15.0. The Morgan fingerprint density at radius 1 is 1.02 bits per heavy atom. The fourth-order valence-electron chi connectivity index (χ4n) is 5.86. The number of para-hydroxylation sites is 1. The smallest absolute Gasteiger partial charge is 0.326 e. The van der Waals surface area contributed by atoms with Crippen molar-refractivity contribution < 1.29 is 33.8 Å². The third-order valence-corrected chi connectivity index (χ3v) is 8.72. The largest absolute Gasteiger partial charge is 0.480 e. The van der Waals surface area contributed by atoms with Gasteiger partial charge in [-0.3, -0.25) is 19.2 Å².